The van der Waals surface area contributed by atoms with Crippen LogP contribution in [0.5, 0.6) is 0 Å². The number of carbonyl (C=O) groups excluding carboxylic acids is 1. The van der Waals surface area contributed by atoms with Crippen LogP contribution >= 0.6 is 15.9 Å². The van der Waals surface area contributed by atoms with Gasteiger partial charge in [-0.2, -0.15) is 0 Å². The first kappa shape index (κ1) is 9.50. The zero-order valence-electron chi connectivity index (χ0n) is 8.00. The fourth-order valence-electron chi connectivity index (χ4n) is 2.67. The summed E-state index contributed by atoms with van der Waals surface area (Å²) in [7, 11) is 0. The van der Waals surface area contributed by atoms with Gasteiger partial charge >= 0.3 is 0 Å². The van der Waals surface area contributed by atoms with Gasteiger partial charge in [-0.15, -0.1) is 0 Å². The van der Waals surface area contributed by atoms with Crippen molar-refractivity contribution in [3.8, 4) is 0 Å². The topological polar surface area (TPSA) is 20.3 Å². The molecule has 0 N–H and O–H groups in total. The van der Waals surface area contributed by atoms with Crippen molar-refractivity contribution in [2.75, 3.05) is 13.1 Å². The van der Waals surface area contributed by atoms with Crippen molar-refractivity contribution in [2.24, 2.45) is 11.8 Å². The lowest BCUT2D eigenvalue weighted by atomic mass is 10.0. The summed E-state index contributed by atoms with van der Waals surface area (Å²) < 4.78 is 0. The van der Waals surface area contributed by atoms with Crippen LogP contribution in [0.4, 0.5) is 0 Å². The van der Waals surface area contributed by atoms with E-state index in [0.717, 1.165) is 24.9 Å². The van der Waals surface area contributed by atoms with E-state index in [-0.39, 0.29) is 10.7 Å². The average Bonchev–Trinajstić information content (AvgIpc) is 2.59. The van der Waals surface area contributed by atoms with Crippen molar-refractivity contribution < 1.29 is 4.79 Å². The lowest BCUT2D eigenvalue weighted by Gasteiger charge is -2.18. The van der Waals surface area contributed by atoms with Gasteiger partial charge in [-0.3, -0.25) is 4.79 Å². The number of likely N-dealkylation sites (tertiary alicyclic amines) is 1. The molecule has 0 radical (unpaired) electrons. The van der Waals surface area contributed by atoms with Gasteiger partial charge in [0.15, 0.2) is 0 Å². The molecule has 3 atom stereocenters. The first-order chi connectivity index (χ1) is 6.18. The highest BCUT2D eigenvalue weighted by atomic mass is 79.9. The molecule has 1 heterocycles. The second kappa shape index (κ2) is 3.60. The molecule has 74 valence electrons. The zero-order chi connectivity index (χ0) is 9.42. The SMILES string of the molecule is CC(Br)C(=O)N1CC2CCCC2C1. The molecule has 0 aromatic heterocycles. The Morgan fingerprint density at radius 1 is 1.38 bits per heavy atom. The first-order valence-electron chi connectivity index (χ1n) is 5.11. The molecule has 0 spiro atoms. The number of alkyl halides is 1. The van der Waals surface area contributed by atoms with Gasteiger partial charge in [0, 0.05) is 13.1 Å². The summed E-state index contributed by atoms with van der Waals surface area (Å²) in [5, 5.41) is 0. The van der Waals surface area contributed by atoms with E-state index in [4.69, 9.17) is 0 Å². The summed E-state index contributed by atoms with van der Waals surface area (Å²) in [6.45, 7) is 3.94. The van der Waals surface area contributed by atoms with Gasteiger partial charge in [0.05, 0.1) is 4.83 Å². The number of hydrogen-bond acceptors (Lipinski definition) is 1. The predicted octanol–water partition coefficient (Wildman–Crippen LogP) is 2.03. The van der Waals surface area contributed by atoms with E-state index >= 15 is 0 Å². The minimum Gasteiger partial charge on any atom is -0.341 e. The molecule has 1 saturated carbocycles. The van der Waals surface area contributed by atoms with Gasteiger partial charge in [-0.25, -0.2) is 0 Å². The molecule has 0 aromatic rings. The lowest BCUT2D eigenvalue weighted by Crippen LogP contribution is -2.34. The maximum atomic E-state index is 11.7. The molecule has 13 heavy (non-hydrogen) atoms. The average molecular weight is 246 g/mol. The van der Waals surface area contributed by atoms with Crippen LogP contribution in [-0.2, 0) is 4.79 Å². The summed E-state index contributed by atoms with van der Waals surface area (Å²) in [6.07, 6.45) is 4.05. The van der Waals surface area contributed by atoms with Crippen LogP contribution in [0, 0.1) is 11.8 Å². The number of nitrogens with zero attached hydrogens (tertiary/aromatic N) is 1. The first-order valence-corrected chi connectivity index (χ1v) is 6.03. The lowest BCUT2D eigenvalue weighted by molar-refractivity contribution is -0.129. The molecule has 0 aromatic carbocycles. The molecular formula is C10H16BrNO. The van der Waals surface area contributed by atoms with Gasteiger partial charge in [0.1, 0.15) is 0 Å². The third-order valence-corrected chi connectivity index (χ3v) is 3.77. The number of hydrogen-bond donors (Lipinski definition) is 0. The van der Waals surface area contributed by atoms with Gasteiger partial charge in [-0.1, -0.05) is 22.4 Å². The smallest absolute Gasteiger partial charge is 0.236 e. The summed E-state index contributed by atoms with van der Waals surface area (Å²) in [4.78, 5) is 13.7. The van der Waals surface area contributed by atoms with Crippen molar-refractivity contribution in [2.45, 2.75) is 31.0 Å². The van der Waals surface area contributed by atoms with Gasteiger partial charge in [0.25, 0.3) is 0 Å². The molecule has 2 fully saturated rings. The van der Waals surface area contributed by atoms with Gasteiger partial charge in [0.2, 0.25) is 5.91 Å². The second-order valence-corrected chi connectivity index (χ2v) is 5.68. The molecule has 1 aliphatic carbocycles. The highest BCUT2D eigenvalue weighted by molar-refractivity contribution is 9.10. The normalized spacial score (nSPS) is 34.8. The summed E-state index contributed by atoms with van der Waals surface area (Å²) in [5.74, 6) is 1.90. The van der Waals surface area contributed by atoms with Crippen LogP contribution in [0.1, 0.15) is 26.2 Å². The number of halogens is 1. The van der Waals surface area contributed by atoms with Crippen molar-refractivity contribution in [1.82, 2.24) is 4.90 Å². The molecule has 0 bridgehead atoms. The third kappa shape index (κ3) is 1.76. The fraction of sp³-hybridized carbons (Fsp3) is 0.900. The number of fused-ring (bicyclic) bond motifs is 1. The molecular weight excluding hydrogens is 230 g/mol. The van der Waals surface area contributed by atoms with Crippen molar-refractivity contribution in [1.29, 1.82) is 0 Å². The molecule has 2 rings (SSSR count). The van der Waals surface area contributed by atoms with Gasteiger partial charge < -0.3 is 4.90 Å². The third-order valence-electron chi connectivity index (χ3n) is 3.38. The minimum atomic E-state index is -0.00803. The zero-order valence-corrected chi connectivity index (χ0v) is 9.59. The fourth-order valence-corrected chi connectivity index (χ4v) is 2.96. The van der Waals surface area contributed by atoms with E-state index < -0.39 is 0 Å². The Morgan fingerprint density at radius 2 is 1.92 bits per heavy atom. The van der Waals surface area contributed by atoms with Crippen molar-refractivity contribution in [3.05, 3.63) is 0 Å². The molecule has 1 saturated heterocycles. The standard InChI is InChI=1S/C10H16BrNO/c1-7(11)10(13)12-5-8-3-2-4-9(8)6-12/h7-9H,2-6H2,1H3. The molecule has 3 unspecified atom stereocenters. The quantitative estimate of drug-likeness (QED) is 0.648. The minimum absolute atomic E-state index is 0.00803. The van der Waals surface area contributed by atoms with E-state index in [0.29, 0.717) is 0 Å². The molecule has 3 heteroatoms. The van der Waals surface area contributed by atoms with Crippen molar-refractivity contribution in [3.63, 3.8) is 0 Å². The van der Waals surface area contributed by atoms with Crippen molar-refractivity contribution >= 4 is 21.8 Å². The largest absolute Gasteiger partial charge is 0.341 e. The predicted molar refractivity (Wildman–Crippen MR) is 55.8 cm³/mol. The number of rotatable bonds is 1. The second-order valence-electron chi connectivity index (χ2n) is 4.31. The summed E-state index contributed by atoms with van der Waals surface area (Å²) >= 11 is 3.34. The van der Waals surface area contributed by atoms with Crippen LogP contribution in [0.25, 0.3) is 0 Å². The Morgan fingerprint density at radius 3 is 2.38 bits per heavy atom. The molecule has 1 aliphatic heterocycles. The van der Waals surface area contributed by atoms with Gasteiger partial charge in [-0.05, 0) is 31.6 Å². The Hall–Kier alpha value is -0.0500. The molecule has 2 aliphatic rings. The highest BCUT2D eigenvalue weighted by Crippen LogP contribution is 2.37. The number of amides is 1. The van der Waals surface area contributed by atoms with E-state index in [1.165, 1.54) is 19.3 Å². The van der Waals surface area contributed by atoms with E-state index in [1.54, 1.807) is 0 Å². The number of carbonyl (C=O) groups is 1. The highest BCUT2D eigenvalue weighted by Gasteiger charge is 2.38. The van der Waals surface area contributed by atoms with E-state index in [1.807, 2.05) is 11.8 Å². The van der Waals surface area contributed by atoms with E-state index in [2.05, 4.69) is 15.9 Å². The van der Waals surface area contributed by atoms with Crippen LogP contribution in [0.2, 0.25) is 0 Å². The maximum Gasteiger partial charge on any atom is 0.236 e. The van der Waals surface area contributed by atoms with Crippen LogP contribution in [-0.4, -0.2) is 28.7 Å². The Labute approximate surface area is 87.8 Å². The Kier molecular flexibility index (Phi) is 2.63. The van der Waals surface area contributed by atoms with Crippen LogP contribution in [0.3, 0.4) is 0 Å². The maximum absolute atomic E-state index is 11.7. The molecule has 2 nitrogen and oxygen atoms in total. The Bertz CT molecular complexity index is 205. The summed E-state index contributed by atoms with van der Waals surface area (Å²) in [5.41, 5.74) is 0. The monoisotopic (exact) mass is 245 g/mol. The molecule has 1 amide bonds. The van der Waals surface area contributed by atoms with E-state index in [9.17, 15) is 4.79 Å². The van der Waals surface area contributed by atoms with Crippen LogP contribution < -0.4 is 0 Å². The Balaban J connectivity index is 1.95. The van der Waals surface area contributed by atoms with Crippen LogP contribution in [0.15, 0.2) is 0 Å². The summed E-state index contributed by atoms with van der Waals surface area (Å²) in [6, 6.07) is 0.